The van der Waals surface area contributed by atoms with Crippen molar-refractivity contribution in [3.63, 3.8) is 0 Å². The summed E-state index contributed by atoms with van der Waals surface area (Å²) in [6.07, 6.45) is 9.97. The van der Waals surface area contributed by atoms with Crippen LogP contribution in [0.2, 0.25) is 0 Å². The van der Waals surface area contributed by atoms with Crippen LogP contribution in [0.25, 0.3) is 0 Å². The Kier molecular flexibility index (Phi) is 6.97. The SMILES string of the molecule is CC(C)NCC1(CN2CCCN(C)CC2)CCCCCC1. The van der Waals surface area contributed by atoms with Gasteiger partial charge in [-0.05, 0) is 44.8 Å². The van der Waals surface area contributed by atoms with Gasteiger partial charge >= 0.3 is 0 Å². The molecule has 1 N–H and O–H groups in total. The zero-order valence-electron chi connectivity index (χ0n) is 14.7. The topological polar surface area (TPSA) is 18.5 Å². The molecule has 0 spiro atoms. The van der Waals surface area contributed by atoms with Crippen molar-refractivity contribution >= 4 is 0 Å². The Morgan fingerprint density at radius 1 is 0.905 bits per heavy atom. The van der Waals surface area contributed by atoms with E-state index in [1.165, 1.54) is 84.2 Å². The average Bonchev–Trinajstić information content (AvgIpc) is 2.79. The van der Waals surface area contributed by atoms with Crippen LogP contribution < -0.4 is 5.32 Å². The molecule has 1 saturated heterocycles. The summed E-state index contributed by atoms with van der Waals surface area (Å²) in [5.74, 6) is 0. The molecule has 21 heavy (non-hydrogen) atoms. The molecule has 2 fully saturated rings. The number of hydrogen-bond acceptors (Lipinski definition) is 3. The van der Waals surface area contributed by atoms with Crippen molar-refractivity contribution in [2.24, 2.45) is 5.41 Å². The molecule has 0 bridgehead atoms. The largest absolute Gasteiger partial charge is 0.314 e. The van der Waals surface area contributed by atoms with Crippen LogP contribution in [-0.2, 0) is 0 Å². The van der Waals surface area contributed by atoms with Gasteiger partial charge in [-0.1, -0.05) is 39.5 Å². The molecule has 124 valence electrons. The van der Waals surface area contributed by atoms with E-state index in [2.05, 4.69) is 36.0 Å². The molecule has 0 aromatic heterocycles. The highest BCUT2D eigenvalue weighted by atomic mass is 15.2. The standard InChI is InChI=1S/C18H37N3/c1-17(2)19-15-18(9-6-4-5-7-10-18)16-21-12-8-11-20(3)13-14-21/h17,19H,4-16H2,1-3H3. The van der Waals surface area contributed by atoms with E-state index in [1.807, 2.05) is 0 Å². The average molecular weight is 296 g/mol. The molecular weight excluding hydrogens is 258 g/mol. The molecule has 1 aliphatic carbocycles. The van der Waals surface area contributed by atoms with Crippen LogP contribution in [0.5, 0.6) is 0 Å². The van der Waals surface area contributed by atoms with Gasteiger partial charge < -0.3 is 15.1 Å². The fraction of sp³-hybridized carbons (Fsp3) is 1.00. The maximum atomic E-state index is 3.76. The summed E-state index contributed by atoms with van der Waals surface area (Å²) in [5.41, 5.74) is 0.531. The van der Waals surface area contributed by atoms with Gasteiger partial charge in [0.05, 0.1) is 0 Å². The Labute approximate surface area is 132 Å². The lowest BCUT2D eigenvalue weighted by Crippen LogP contribution is -2.46. The van der Waals surface area contributed by atoms with Gasteiger partial charge in [0.2, 0.25) is 0 Å². The van der Waals surface area contributed by atoms with Gasteiger partial charge in [-0.15, -0.1) is 0 Å². The number of likely N-dealkylation sites (N-methyl/N-ethyl adjacent to an activating group) is 1. The van der Waals surface area contributed by atoms with Crippen LogP contribution in [0.15, 0.2) is 0 Å². The van der Waals surface area contributed by atoms with E-state index in [0.29, 0.717) is 11.5 Å². The third-order valence-corrected chi connectivity index (χ3v) is 5.42. The van der Waals surface area contributed by atoms with E-state index in [1.54, 1.807) is 0 Å². The highest BCUT2D eigenvalue weighted by Crippen LogP contribution is 2.35. The second kappa shape index (κ2) is 8.50. The van der Waals surface area contributed by atoms with Gasteiger partial charge in [-0.2, -0.15) is 0 Å². The predicted molar refractivity (Wildman–Crippen MR) is 91.8 cm³/mol. The van der Waals surface area contributed by atoms with Crippen molar-refractivity contribution in [3.8, 4) is 0 Å². The molecule has 3 nitrogen and oxygen atoms in total. The minimum absolute atomic E-state index is 0.531. The summed E-state index contributed by atoms with van der Waals surface area (Å²) in [5, 5.41) is 3.76. The van der Waals surface area contributed by atoms with E-state index in [9.17, 15) is 0 Å². The van der Waals surface area contributed by atoms with E-state index in [0.717, 1.165) is 0 Å². The van der Waals surface area contributed by atoms with Crippen molar-refractivity contribution in [2.45, 2.75) is 64.8 Å². The molecule has 0 atom stereocenters. The predicted octanol–water partition coefficient (Wildman–Crippen LogP) is 2.96. The number of nitrogens with zero attached hydrogens (tertiary/aromatic N) is 2. The molecule has 0 aromatic carbocycles. The van der Waals surface area contributed by atoms with Crippen LogP contribution in [0.4, 0.5) is 0 Å². The molecule has 2 aliphatic rings. The van der Waals surface area contributed by atoms with Crippen LogP contribution in [0.3, 0.4) is 0 Å². The Balaban J connectivity index is 1.96. The van der Waals surface area contributed by atoms with E-state index >= 15 is 0 Å². The molecule has 0 aromatic rings. The quantitative estimate of drug-likeness (QED) is 0.787. The molecule has 0 amide bonds. The maximum Gasteiger partial charge on any atom is 0.0109 e. The monoisotopic (exact) mass is 295 g/mol. The lowest BCUT2D eigenvalue weighted by Gasteiger charge is -2.38. The van der Waals surface area contributed by atoms with Gasteiger partial charge in [0.15, 0.2) is 0 Å². The fourth-order valence-corrected chi connectivity index (χ4v) is 4.02. The number of hydrogen-bond donors (Lipinski definition) is 1. The third kappa shape index (κ3) is 5.88. The first kappa shape index (κ1) is 17.2. The first-order valence-electron chi connectivity index (χ1n) is 9.24. The second-order valence-corrected chi connectivity index (χ2v) is 7.88. The van der Waals surface area contributed by atoms with Crippen molar-refractivity contribution in [2.75, 3.05) is 46.3 Å². The van der Waals surface area contributed by atoms with E-state index in [-0.39, 0.29) is 0 Å². The van der Waals surface area contributed by atoms with Gasteiger partial charge in [0, 0.05) is 32.2 Å². The Morgan fingerprint density at radius 3 is 2.29 bits per heavy atom. The lowest BCUT2D eigenvalue weighted by atomic mass is 9.79. The first-order chi connectivity index (χ1) is 10.1. The van der Waals surface area contributed by atoms with Crippen LogP contribution >= 0.6 is 0 Å². The zero-order chi connectivity index (χ0) is 15.1. The van der Waals surface area contributed by atoms with Crippen molar-refractivity contribution < 1.29 is 0 Å². The molecule has 0 radical (unpaired) electrons. The van der Waals surface area contributed by atoms with Gasteiger partial charge in [-0.3, -0.25) is 0 Å². The molecule has 2 rings (SSSR count). The molecule has 1 saturated carbocycles. The maximum absolute atomic E-state index is 3.76. The molecule has 0 unspecified atom stereocenters. The molecular formula is C18H37N3. The van der Waals surface area contributed by atoms with Crippen LogP contribution in [0, 0.1) is 5.41 Å². The Hall–Kier alpha value is -0.120. The van der Waals surface area contributed by atoms with Gasteiger partial charge in [0.25, 0.3) is 0 Å². The van der Waals surface area contributed by atoms with Crippen molar-refractivity contribution in [1.29, 1.82) is 0 Å². The summed E-state index contributed by atoms with van der Waals surface area (Å²) in [6.45, 7) is 12.2. The summed E-state index contributed by atoms with van der Waals surface area (Å²) in [4.78, 5) is 5.25. The smallest absolute Gasteiger partial charge is 0.0109 e. The van der Waals surface area contributed by atoms with Crippen molar-refractivity contribution in [3.05, 3.63) is 0 Å². The number of rotatable bonds is 5. The molecule has 1 heterocycles. The normalized spacial score (nSPS) is 25.7. The van der Waals surface area contributed by atoms with Crippen molar-refractivity contribution in [1.82, 2.24) is 15.1 Å². The van der Waals surface area contributed by atoms with Crippen LogP contribution in [-0.4, -0.2) is 62.2 Å². The highest BCUT2D eigenvalue weighted by Gasteiger charge is 2.33. The van der Waals surface area contributed by atoms with E-state index < -0.39 is 0 Å². The Bertz CT molecular complexity index is 282. The van der Waals surface area contributed by atoms with Crippen LogP contribution in [0.1, 0.15) is 58.8 Å². The first-order valence-corrected chi connectivity index (χ1v) is 9.24. The zero-order valence-corrected chi connectivity index (χ0v) is 14.7. The van der Waals surface area contributed by atoms with Gasteiger partial charge in [-0.25, -0.2) is 0 Å². The third-order valence-electron chi connectivity index (χ3n) is 5.42. The number of nitrogens with one attached hydrogen (secondary N) is 1. The Morgan fingerprint density at radius 2 is 1.62 bits per heavy atom. The fourth-order valence-electron chi connectivity index (χ4n) is 4.02. The lowest BCUT2D eigenvalue weighted by molar-refractivity contribution is 0.127. The summed E-state index contributed by atoms with van der Waals surface area (Å²) < 4.78 is 0. The van der Waals surface area contributed by atoms with Gasteiger partial charge in [0.1, 0.15) is 0 Å². The van der Waals surface area contributed by atoms with E-state index in [4.69, 9.17) is 0 Å². The molecule has 1 aliphatic heterocycles. The minimum atomic E-state index is 0.531. The summed E-state index contributed by atoms with van der Waals surface area (Å²) in [7, 11) is 2.27. The molecule has 3 heteroatoms. The highest BCUT2D eigenvalue weighted by molar-refractivity contribution is 4.88. The summed E-state index contributed by atoms with van der Waals surface area (Å²) in [6, 6.07) is 0.611. The minimum Gasteiger partial charge on any atom is -0.314 e. The second-order valence-electron chi connectivity index (χ2n) is 7.88. The summed E-state index contributed by atoms with van der Waals surface area (Å²) >= 11 is 0.